The first-order chi connectivity index (χ1) is 16.6. The monoisotopic (exact) mass is 470 g/mol. The number of amides is 1. The van der Waals surface area contributed by atoms with Gasteiger partial charge in [-0.1, -0.05) is 98.0 Å². The van der Waals surface area contributed by atoms with Crippen LogP contribution in [0.25, 0.3) is 10.2 Å². The number of fused-ring (bicyclic) bond motifs is 1. The molecule has 0 aliphatic carbocycles. The Balaban J connectivity index is 1.60. The minimum Gasteiger partial charge on any atom is -0.376 e. The van der Waals surface area contributed by atoms with Gasteiger partial charge < -0.3 is 4.74 Å². The summed E-state index contributed by atoms with van der Waals surface area (Å²) in [6.07, 6.45) is 2.03. The number of ether oxygens (including phenoxy) is 1. The van der Waals surface area contributed by atoms with Crippen molar-refractivity contribution in [3.63, 3.8) is 0 Å². The van der Waals surface area contributed by atoms with Crippen LogP contribution in [0.5, 0.6) is 0 Å². The van der Waals surface area contributed by atoms with Crippen LogP contribution >= 0.6 is 11.3 Å². The molecule has 0 bridgehead atoms. The third-order valence-electron chi connectivity index (χ3n) is 6.48. The van der Waals surface area contributed by atoms with Gasteiger partial charge in [0.2, 0.25) is 5.91 Å². The number of anilines is 1. The second-order valence-electron chi connectivity index (χ2n) is 9.18. The standard InChI is InChI=1S/C29H30N2O2S/c1-20(2)24-16-9-17-25-27(24)30-29(34-25)31(19-23-15-10-18-33-23)28(32)26(21-11-5-3-6-12-21)22-13-7-4-8-14-22/h3-9,11-14,16-17,20,23,26H,10,15,18-19H2,1-2H3. The highest BCUT2D eigenvalue weighted by molar-refractivity contribution is 7.22. The van der Waals surface area contributed by atoms with Gasteiger partial charge in [-0.25, -0.2) is 4.98 Å². The van der Waals surface area contributed by atoms with Gasteiger partial charge in [-0.2, -0.15) is 0 Å². The SMILES string of the molecule is CC(C)c1cccc2sc(N(CC3CCCO3)C(=O)C(c3ccccc3)c3ccccc3)nc12. The van der Waals surface area contributed by atoms with Gasteiger partial charge in [0, 0.05) is 6.61 Å². The van der Waals surface area contributed by atoms with E-state index in [0.29, 0.717) is 12.5 Å². The summed E-state index contributed by atoms with van der Waals surface area (Å²) in [6, 6.07) is 26.4. The van der Waals surface area contributed by atoms with Crippen molar-refractivity contribution in [1.29, 1.82) is 0 Å². The van der Waals surface area contributed by atoms with E-state index in [4.69, 9.17) is 9.72 Å². The van der Waals surface area contributed by atoms with Crippen LogP contribution in [0, 0.1) is 0 Å². The molecule has 4 aromatic rings. The maximum Gasteiger partial charge on any atom is 0.240 e. The van der Waals surface area contributed by atoms with Crippen LogP contribution in [0.4, 0.5) is 5.13 Å². The zero-order chi connectivity index (χ0) is 23.5. The van der Waals surface area contributed by atoms with Crippen LogP contribution < -0.4 is 4.90 Å². The van der Waals surface area contributed by atoms with Crippen LogP contribution in [0.2, 0.25) is 0 Å². The van der Waals surface area contributed by atoms with Crippen molar-refractivity contribution in [2.24, 2.45) is 0 Å². The molecular formula is C29H30N2O2S. The van der Waals surface area contributed by atoms with E-state index in [0.717, 1.165) is 45.9 Å². The predicted molar refractivity (Wildman–Crippen MR) is 140 cm³/mol. The zero-order valence-electron chi connectivity index (χ0n) is 19.7. The second kappa shape index (κ2) is 10.1. The van der Waals surface area contributed by atoms with Gasteiger partial charge in [-0.15, -0.1) is 0 Å². The van der Waals surface area contributed by atoms with E-state index in [1.807, 2.05) is 65.6 Å². The van der Waals surface area contributed by atoms with E-state index in [9.17, 15) is 4.79 Å². The van der Waals surface area contributed by atoms with Gasteiger partial charge in [-0.3, -0.25) is 9.69 Å². The Morgan fingerprint density at radius 3 is 2.26 bits per heavy atom. The van der Waals surface area contributed by atoms with Gasteiger partial charge >= 0.3 is 0 Å². The van der Waals surface area contributed by atoms with E-state index in [2.05, 4.69) is 32.0 Å². The third kappa shape index (κ3) is 4.63. The van der Waals surface area contributed by atoms with Crippen molar-refractivity contribution in [2.75, 3.05) is 18.1 Å². The normalized spacial score (nSPS) is 15.9. The minimum atomic E-state index is -0.402. The van der Waals surface area contributed by atoms with Crippen LogP contribution in [-0.2, 0) is 9.53 Å². The van der Waals surface area contributed by atoms with E-state index < -0.39 is 5.92 Å². The molecule has 5 heteroatoms. The van der Waals surface area contributed by atoms with Crippen molar-refractivity contribution in [1.82, 2.24) is 4.98 Å². The first kappa shape index (κ1) is 22.8. The summed E-state index contributed by atoms with van der Waals surface area (Å²) in [5, 5.41) is 0.750. The fourth-order valence-corrected chi connectivity index (χ4v) is 5.73. The molecule has 5 rings (SSSR count). The fraction of sp³-hybridized carbons (Fsp3) is 0.310. The lowest BCUT2D eigenvalue weighted by molar-refractivity contribution is -0.119. The Morgan fingerprint density at radius 1 is 1.00 bits per heavy atom. The van der Waals surface area contributed by atoms with Gasteiger partial charge in [-0.05, 0) is 41.5 Å². The number of thiazole rings is 1. The van der Waals surface area contributed by atoms with Crippen molar-refractivity contribution < 1.29 is 9.53 Å². The molecule has 1 aliphatic rings. The number of nitrogens with zero attached hydrogens (tertiary/aromatic N) is 2. The molecule has 174 valence electrons. The molecule has 34 heavy (non-hydrogen) atoms. The lowest BCUT2D eigenvalue weighted by Gasteiger charge is -2.28. The average molecular weight is 471 g/mol. The topological polar surface area (TPSA) is 42.4 Å². The number of carbonyl (C=O) groups is 1. The van der Waals surface area contributed by atoms with Crippen LogP contribution in [0.15, 0.2) is 78.9 Å². The van der Waals surface area contributed by atoms with Crippen molar-refractivity contribution in [3.05, 3.63) is 95.6 Å². The number of carbonyl (C=O) groups excluding carboxylic acids is 1. The lowest BCUT2D eigenvalue weighted by atomic mass is 9.90. The minimum absolute atomic E-state index is 0.0349. The van der Waals surface area contributed by atoms with Gasteiger partial charge in [0.1, 0.15) is 0 Å². The molecule has 0 saturated carbocycles. The number of aromatic nitrogens is 1. The summed E-state index contributed by atoms with van der Waals surface area (Å²) in [6.45, 7) is 5.64. The second-order valence-corrected chi connectivity index (χ2v) is 10.2. The quantitative estimate of drug-likeness (QED) is 0.299. The van der Waals surface area contributed by atoms with Crippen molar-refractivity contribution in [2.45, 2.75) is 44.6 Å². The highest BCUT2D eigenvalue weighted by Gasteiger charge is 2.33. The van der Waals surface area contributed by atoms with E-state index in [-0.39, 0.29) is 12.0 Å². The fourth-order valence-electron chi connectivity index (χ4n) is 4.72. The molecule has 1 fully saturated rings. The Kier molecular flexibility index (Phi) is 6.75. The Hall–Kier alpha value is -3.02. The maximum absolute atomic E-state index is 14.4. The summed E-state index contributed by atoms with van der Waals surface area (Å²) >= 11 is 1.59. The molecule has 0 spiro atoms. The van der Waals surface area contributed by atoms with E-state index in [1.54, 1.807) is 11.3 Å². The summed E-state index contributed by atoms with van der Waals surface area (Å²) in [5.41, 5.74) is 4.19. The van der Waals surface area contributed by atoms with Crippen LogP contribution in [0.3, 0.4) is 0 Å². The molecule has 3 aromatic carbocycles. The highest BCUT2D eigenvalue weighted by atomic mass is 32.1. The summed E-state index contributed by atoms with van der Waals surface area (Å²) in [7, 11) is 0. The van der Waals surface area contributed by atoms with Crippen LogP contribution in [0.1, 0.15) is 55.2 Å². The summed E-state index contributed by atoms with van der Waals surface area (Å²) in [5.74, 6) is 0.000732. The molecule has 1 saturated heterocycles. The first-order valence-electron chi connectivity index (χ1n) is 12.0. The Labute approximate surface area is 205 Å². The molecule has 4 nitrogen and oxygen atoms in total. The van der Waals surface area contributed by atoms with Crippen LogP contribution in [-0.4, -0.2) is 30.1 Å². The lowest BCUT2D eigenvalue weighted by Crippen LogP contribution is -2.40. The van der Waals surface area contributed by atoms with E-state index >= 15 is 0 Å². The Morgan fingerprint density at radius 2 is 1.68 bits per heavy atom. The van der Waals surface area contributed by atoms with Crippen molar-refractivity contribution in [3.8, 4) is 0 Å². The van der Waals surface area contributed by atoms with Gasteiger partial charge in [0.05, 0.1) is 28.8 Å². The molecule has 2 heterocycles. The number of rotatable bonds is 7. The number of benzene rings is 3. The first-order valence-corrected chi connectivity index (χ1v) is 12.9. The summed E-state index contributed by atoms with van der Waals surface area (Å²) in [4.78, 5) is 21.3. The Bertz CT molecular complexity index is 1210. The zero-order valence-corrected chi connectivity index (χ0v) is 20.5. The van der Waals surface area contributed by atoms with E-state index in [1.165, 1.54) is 5.56 Å². The predicted octanol–water partition coefficient (Wildman–Crippen LogP) is 6.76. The number of hydrogen-bond acceptors (Lipinski definition) is 4. The third-order valence-corrected chi connectivity index (χ3v) is 7.52. The number of hydrogen-bond donors (Lipinski definition) is 0. The molecule has 0 N–H and O–H groups in total. The molecule has 0 radical (unpaired) electrons. The average Bonchev–Trinajstić information content (AvgIpc) is 3.53. The maximum atomic E-state index is 14.4. The molecule has 1 aromatic heterocycles. The smallest absolute Gasteiger partial charge is 0.240 e. The molecule has 1 amide bonds. The van der Waals surface area contributed by atoms with Crippen molar-refractivity contribution >= 4 is 32.6 Å². The molecular weight excluding hydrogens is 440 g/mol. The van der Waals surface area contributed by atoms with Gasteiger partial charge in [0.25, 0.3) is 0 Å². The summed E-state index contributed by atoms with van der Waals surface area (Å²) < 4.78 is 7.08. The number of para-hydroxylation sites is 1. The molecule has 1 aliphatic heterocycles. The highest BCUT2D eigenvalue weighted by Crippen LogP contribution is 2.36. The largest absolute Gasteiger partial charge is 0.376 e. The van der Waals surface area contributed by atoms with Gasteiger partial charge in [0.15, 0.2) is 5.13 Å². The molecule has 1 atom stereocenters. The molecule has 1 unspecified atom stereocenters.